The maximum atomic E-state index is 12.3. The molecule has 1 N–H and O–H groups in total. The smallest absolute Gasteiger partial charge is 0.271 e. The van der Waals surface area contributed by atoms with Gasteiger partial charge >= 0.3 is 0 Å². The van der Waals surface area contributed by atoms with Gasteiger partial charge in [0.2, 0.25) is 0 Å². The number of amides is 1. The Balaban J connectivity index is 1.50. The van der Waals surface area contributed by atoms with E-state index in [9.17, 15) is 4.79 Å². The molecule has 0 saturated carbocycles. The highest BCUT2D eigenvalue weighted by molar-refractivity contribution is 5.92. The van der Waals surface area contributed by atoms with Crippen molar-refractivity contribution in [2.45, 2.75) is 6.92 Å². The first kappa shape index (κ1) is 20.1. The molecule has 29 heavy (non-hydrogen) atoms. The average molecular weight is 392 g/mol. The zero-order valence-electron chi connectivity index (χ0n) is 16.5. The minimum Gasteiger partial charge on any atom is -0.497 e. The first-order valence-electron chi connectivity index (χ1n) is 9.41. The zero-order chi connectivity index (χ0) is 20.5. The molecule has 1 heterocycles. The number of para-hydroxylation sites is 1. The van der Waals surface area contributed by atoms with Gasteiger partial charge in [0.1, 0.15) is 23.8 Å². The second kappa shape index (κ2) is 10.1. The maximum Gasteiger partial charge on any atom is 0.271 e. The van der Waals surface area contributed by atoms with Gasteiger partial charge in [-0.2, -0.15) is 0 Å². The Bertz CT molecular complexity index is 900. The van der Waals surface area contributed by atoms with E-state index >= 15 is 0 Å². The van der Waals surface area contributed by atoms with Crippen LogP contribution in [0, 0.1) is 0 Å². The van der Waals surface area contributed by atoms with Crippen molar-refractivity contribution in [3.8, 4) is 11.5 Å². The number of ether oxygens (including phenoxy) is 2. The molecule has 3 aromatic rings. The van der Waals surface area contributed by atoms with Crippen molar-refractivity contribution in [1.29, 1.82) is 0 Å². The number of hydrogen-bond acceptors (Lipinski definition) is 6. The third kappa shape index (κ3) is 5.44. The summed E-state index contributed by atoms with van der Waals surface area (Å²) in [5, 5.41) is 2.78. The number of hydrogen-bond donors (Lipinski definition) is 1. The van der Waals surface area contributed by atoms with E-state index in [4.69, 9.17) is 9.47 Å². The molecule has 0 bridgehead atoms. The fourth-order valence-electron chi connectivity index (χ4n) is 2.76. The summed E-state index contributed by atoms with van der Waals surface area (Å²) in [6, 6.07) is 17.2. The van der Waals surface area contributed by atoms with Crippen molar-refractivity contribution >= 4 is 17.4 Å². The Morgan fingerprint density at radius 1 is 1.00 bits per heavy atom. The van der Waals surface area contributed by atoms with Gasteiger partial charge in [0.25, 0.3) is 5.91 Å². The largest absolute Gasteiger partial charge is 0.497 e. The van der Waals surface area contributed by atoms with Gasteiger partial charge in [-0.05, 0) is 43.3 Å². The fraction of sp³-hybridized carbons (Fsp3) is 0.227. The molecule has 0 aliphatic carbocycles. The van der Waals surface area contributed by atoms with Crippen LogP contribution in [0.5, 0.6) is 11.5 Å². The minimum absolute atomic E-state index is 0.266. The topological polar surface area (TPSA) is 76.6 Å². The van der Waals surface area contributed by atoms with E-state index in [0.29, 0.717) is 24.7 Å². The van der Waals surface area contributed by atoms with Crippen LogP contribution >= 0.6 is 0 Å². The van der Waals surface area contributed by atoms with E-state index in [1.807, 2.05) is 66.4 Å². The SMILES string of the molecule is CCN(c1ccccc1)c1cnc(C(=O)NCCOc2ccc(OC)cc2)cn1. The van der Waals surface area contributed by atoms with Crippen molar-refractivity contribution in [3.63, 3.8) is 0 Å². The van der Waals surface area contributed by atoms with Crippen molar-refractivity contribution in [3.05, 3.63) is 72.7 Å². The third-order valence-corrected chi connectivity index (χ3v) is 4.25. The summed E-state index contributed by atoms with van der Waals surface area (Å²) >= 11 is 0. The van der Waals surface area contributed by atoms with Crippen LogP contribution in [0.25, 0.3) is 0 Å². The molecule has 0 spiro atoms. The predicted octanol–water partition coefficient (Wildman–Crippen LogP) is 3.45. The van der Waals surface area contributed by atoms with Gasteiger partial charge < -0.3 is 19.7 Å². The van der Waals surface area contributed by atoms with E-state index < -0.39 is 0 Å². The number of rotatable bonds is 9. The molecular weight excluding hydrogens is 368 g/mol. The van der Waals surface area contributed by atoms with Crippen LogP contribution in [0.2, 0.25) is 0 Å². The second-order valence-electron chi connectivity index (χ2n) is 6.12. The molecule has 0 atom stereocenters. The van der Waals surface area contributed by atoms with Gasteiger partial charge in [-0.25, -0.2) is 9.97 Å². The standard InChI is InChI=1S/C22H24N4O3/c1-3-26(17-7-5-4-6-8-17)21-16-24-20(15-25-21)22(27)23-13-14-29-19-11-9-18(28-2)10-12-19/h4-12,15-16H,3,13-14H2,1-2H3,(H,23,27). The summed E-state index contributed by atoms with van der Waals surface area (Å²) in [5.41, 5.74) is 1.29. The highest BCUT2D eigenvalue weighted by atomic mass is 16.5. The summed E-state index contributed by atoms with van der Waals surface area (Å²) in [5.74, 6) is 1.88. The molecule has 3 rings (SSSR count). The Labute approximate surface area is 170 Å². The van der Waals surface area contributed by atoms with E-state index in [2.05, 4.69) is 15.3 Å². The number of nitrogens with zero attached hydrogens (tertiary/aromatic N) is 3. The van der Waals surface area contributed by atoms with Crippen molar-refractivity contribution in [2.75, 3.05) is 31.7 Å². The van der Waals surface area contributed by atoms with Crippen LogP contribution < -0.4 is 19.7 Å². The molecule has 1 aromatic heterocycles. The highest BCUT2D eigenvalue weighted by Gasteiger charge is 2.12. The monoisotopic (exact) mass is 392 g/mol. The fourth-order valence-corrected chi connectivity index (χ4v) is 2.76. The number of anilines is 2. The predicted molar refractivity (Wildman–Crippen MR) is 112 cm³/mol. The molecule has 7 nitrogen and oxygen atoms in total. The number of carbonyl (C=O) groups excluding carboxylic acids is 1. The first-order chi connectivity index (χ1) is 14.2. The normalized spacial score (nSPS) is 10.3. The average Bonchev–Trinajstić information content (AvgIpc) is 2.79. The van der Waals surface area contributed by atoms with Gasteiger partial charge in [-0.15, -0.1) is 0 Å². The number of carbonyl (C=O) groups is 1. The summed E-state index contributed by atoms with van der Waals surface area (Å²) < 4.78 is 10.7. The first-order valence-corrected chi connectivity index (χ1v) is 9.41. The zero-order valence-corrected chi connectivity index (χ0v) is 16.5. The van der Waals surface area contributed by atoms with Gasteiger partial charge in [-0.1, -0.05) is 18.2 Å². The lowest BCUT2D eigenvalue weighted by Crippen LogP contribution is -2.29. The van der Waals surface area contributed by atoms with Crippen LogP contribution in [0.3, 0.4) is 0 Å². The van der Waals surface area contributed by atoms with Gasteiger partial charge in [0, 0.05) is 12.2 Å². The van der Waals surface area contributed by atoms with Gasteiger partial charge in [0.15, 0.2) is 5.82 Å². The number of aromatic nitrogens is 2. The molecule has 1 amide bonds. The lowest BCUT2D eigenvalue weighted by Gasteiger charge is -2.21. The molecule has 0 radical (unpaired) electrons. The molecule has 0 fully saturated rings. The van der Waals surface area contributed by atoms with Crippen molar-refractivity contribution < 1.29 is 14.3 Å². The highest BCUT2D eigenvalue weighted by Crippen LogP contribution is 2.22. The summed E-state index contributed by atoms with van der Waals surface area (Å²) in [4.78, 5) is 22.9. The molecule has 0 aliphatic heterocycles. The number of methoxy groups -OCH3 is 1. The van der Waals surface area contributed by atoms with E-state index in [1.165, 1.54) is 6.20 Å². The van der Waals surface area contributed by atoms with E-state index in [1.54, 1.807) is 13.3 Å². The minimum atomic E-state index is -0.287. The van der Waals surface area contributed by atoms with E-state index in [-0.39, 0.29) is 11.6 Å². The molecular formula is C22H24N4O3. The molecule has 150 valence electrons. The van der Waals surface area contributed by atoms with Gasteiger partial charge in [-0.3, -0.25) is 4.79 Å². The number of benzene rings is 2. The summed E-state index contributed by atoms with van der Waals surface area (Å²) in [7, 11) is 1.61. The van der Waals surface area contributed by atoms with Crippen molar-refractivity contribution in [2.24, 2.45) is 0 Å². The Hall–Kier alpha value is -3.61. The molecule has 0 aliphatic rings. The van der Waals surface area contributed by atoms with Gasteiger partial charge in [0.05, 0.1) is 26.0 Å². The van der Waals surface area contributed by atoms with Crippen LogP contribution in [-0.2, 0) is 0 Å². The lowest BCUT2D eigenvalue weighted by atomic mass is 10.3. The Morgan fingerprint density at radius 3 is 2.34 bits per heavy atom. The van der Waals surface area contributed by atoms with Crippen LogP contribution in [0.1, 0.15) is 17.4 Å². The Kier molecular flexibility index (Phi) is 7.00. The van der Waals surface area contributed by atoms with Crippen LogP contribution in [0.4, 0.5) is 11.5 Å². The van der Waals surface area contributed by atoms with Crippen LogP contribution in [0.15, 0.2) is 67.0 Å². The molecule has 7 heteroatoms. The molecule has 0 unspecified atom stereocenters. The summed E-state index contributed by atoms with van der Waals surface area (Å²) in [6.45, 7) is 3.49. The summed E-state index contributed by atoms with van der Waals surface area (Å²) in [6.07, 6.45) is 3.10. The Morgan fingerprint density at radius 2 is 1.72 bits per heavy atom. The van der Waals surface area contributed by atoms with E-state index in [0.717, 1.165) is 18.0 Å². The quantitative estimate of drug-likeness (QED) is 0.562. The molecule has 2 aromatic carbocycles. The third-order valence-electron chi connectivity index (χ3n) is 4.25. The van der Waals surface area contributed by atoms with Crippen molar-refractivity contribution in [1.82, 2.24) is 15.3 Å². The molecule has 0 saturated heterocycles. The second-order valence-corrected chi connectivity index (χ2v) is 6.12. The number of nitrogens with one attached hydrogen (secondary N) is 1. The lowest BCUT2D eigenvalue weighted by molar-refractivity contribution is 0.0941. The maximum absolute atomic E-state index is 12.3. The van der Waals surface area contributed by atoms with Crippen LogP contribution in [-0.4, -0.2) is 42.7 Å².